The first-order valence-corrected chi connectivity index (χ1v) is 9.08. The largest absolute Gasteiger partial charge is 0.494 e. The number of benzene rings is 1. The molecule has 1 unspecified atom stereocenters. The summed E-state index contributed by atoms with van der Waals surface area (Å²) in [7, 11) is 0. The zero-order valence-corrected chi connectivity index (χ0v) is 16.0. The predicted octanol–water partition coefficient (Wildman–Crippen LogP) is 3.40. The molecule has 0 amide bonds. The van der Waals surface area contributed by atoms with Gasteiger partial charge in [-0.3, -0.25) is 0 Å². The molecule has 1 heterocycles. The number of rotatable bonds is 8. The minimum absolute atomic E-state index is 0.0270. The van der Waals surface area contributed by atoms with Crippen LogP contribution in [0.3, 0.4) is 0 Å². The van der Waals surface area contributed by atoms with Gasteiger partial charge in [-0.15, -0.1) is 0 Å². The number of carbonyl (C=O) groups excluding carboxylic acids is 1. The highest BCUT2D eigenvalue weighted by atomic mass is 16.5. The highest BCUT2D eigenvalue weighted by molar-refractivity contribution is 5.92. The summed E-state index contributed by atoms with van der Waals surface area (Å²) in [5.74, 6) is -0.352. The fourth-order valence-electron chi connectivity index (χ4n) is 2.97. The highest BCUT2D eigenvalue weighted by Crippen LogP contribution is 2.40. The maximum absolute atomic E-state index is 12.5. The van der Waals surface area contributed by atoms with Crippen molar-refractivity contribution in [2.45, 2.75) is 39.0 Å². The second kappa shape index (κ2) is 10.0. The third kappa shape index (κ3) is 4.83. The smallest absolute Gasteiger partial charge is 0.338 e. The minimum Gasteiger partial charge on any atom is -0.494 e. The average Bonchev–Trinajstić information content (AvgIpc) is 2.67. The fourth-order valence-corrected chi connectivity index (χ4v) is 2.97. The Balaban J connectivity index is 2.34. The third-order valence-corrected chi connectivity index (χ3v) is 4.24. The summed E-state index contributed by atoms with van der Waals surface area (Å²) in [6.07, 6.45) is 2.02. The standard InChI is InChI=1S/C21H23N3O4/c1-3-26-21(25)18-14(2)28-20(24)17(13-23)19(18)15-8-7-9-16(12-15)27-11-6-4-5-10-22/h7-9,12,19H,3-6,11,24H2,1-2H3. The van der Waals surface area contributed by atoms with Gasteiger partial charge in [-0.2, -0.15) is 10.5 Å². The van der Waals surface area contributed by atoms with Crippen molar-refractivity contribution < 1.29 is 19.0 Å². The van der Waals surface area contributed by atoms with E-state index in [1.807, 2.05) is 0 Å². The van der Waals surface area contributed by atoms with Gasteiger partial charge in [-0.05, 0) is 44.4 Å². The quantitative estimate of drug-likeness (QED) is 0.541. The fraction of sp³-hybridized carbons (Fsp3) is 0.381. The van der Waals surface area contributed by atoms with Gasteiger partial charge < -0.3 is 19.9 Å². The number of ether oxygens (including phenoxy) is 3. The highest BCUT2D eigenvalue weighted by Gasteiger charge is 2.36. The molecule has 0 aromatic heterocycles. The summed E-state index contributed by atoms with van der Waals surface area (Å²) in [6, 6.07) is 11.3. The van der Waals surface area contributed by atoms with Crippen LogP contribution >= 0.6 is 0 Å². The molecule has 0 aliphatic carbocycles. The molecule has 1 aromatic rings. The maximum Gasteiger partial charge on any atom is 0.338 e. The Morgan fingerprint density at radius 1 is 1.32 bits per heavy atom. The van der Waals surface area contributed by atoms with Crippen LogP contribution in [-0.2, 0) is 14.3 Å². The second-order valence-corrected chi connectivity index (χ2v) is 6.15. The molecule has 0 fully saturated rings. The molecule has 146 valence electrons. The van der Waals surface area contributed by atoms with Gasteiger partial charge in [-0.1, -0.05) is 12.1 Å². The van der Waals surface area contributed by atoms with Gasteiger partial charge in [0.15, 0.2) is 0 Å². The van der Waals surface area contributed by atoms with Gasteiger partial charge in [0, 0.05) is 6.42 Å². The predicted molar refractivity (Wildman–Crippen MR) is 101 cm³/mol. The monoisotopic (exact) mass is 381 g/mol. The first-order chi connectivity index (χ1) is 13.5. The van der Waals surface area contributed by atoms with E-state index in [9.17, 15) is 10.1 Å². The maximum atomic E-state index is 12.5. The zero-order chi connectivity index (χ0) is 20.5. The second-order valence-electron chi connectivity index (χ2n) is 6.15. The topological polar surface area (TPSA) is 118 Å². The molecule has 2 rings (SSSR count). The normalized spacial score (nSPS) is 16.1. The van der Waals surface area contributed by atoms with Gasteiger partial charge in [-0.25, -0.2) is 4.79 Å². The molecule has 2 N–H and O–H groups in total. The van der Waals surface area contributed by atoms with Crippen molar-refractivity contribution in [3.8, 4) is 17.9 Å². The summed E-state index contributed by atoms with van der Waals surface area (Å²) in [4.78, 5) is 12.5. The van der Waals surface area contributed by atoms with Crippen molar-refractivity contribution in [2.75, 3.05) is 13.2 Å². The van der Waals surface area contributed by atoms with E-state index in [1.165, 1.54) is 0 Å². The van der Waals surface area contributed by atoms with Crippen LogP contribution in [0.2, 0.25) is 0 Å². The van der Waals surface area contributed by atoms with E-state index in [2.05, 4.69) is 12.1 Å². The van der Waals surface area contributed by atoms with E-state index in [1.54, 1.807) is 38.1 Å². The lowest BCUT2D eigenvalue weighted by atomic mass is 9.83. The Labute approximate surface area is 164 Å². The van der Waals surface area contributed by atoms with E-state index in [-0.39, 0.29) is 23.6 Å². The Morgan fingerprint density at radius 3 is 2.79 bits per heavy atom. The Hall–Kier alpha value is -3.45. The van der Waals surface area contributed by atoms with Crippen molar-refractivity contribution in [1.82, 2.24) is 0 Å². The summed E-state index contributed by atoms with van der Waals surface area (Å²) in [5.41, 5.74) is 6.98. The Morgan fingerprint density at radius 2 is 2.11 bits per heavy atom. The number of nitrogens with zero attached hydrogens (tertiary/aromatic N) is 2. The van der Waals surface area contributed by atoms with Crippen LogP contribution in [0.1, 0.15) is 44.6 Å². The van der Waals surface area contributed by atoms with E-state index in [4.69, 9.17) is 25.2 Å². The number of hydrogen-bond donors (Lipinski definition) is 1. The molecule has 0 saturated carbocycles. The lowest BCUT2D eigenvalue weighted by Gasteiger charge is -2.27. The van der Waals surface area contributed by atoms with Crippen LogP contribution in [0, 0.1) is 22.7 Å². The Bertz CT molecular complexity index is 874. The van der Waals surface area contributed by atoms with Crippen LogP contribution in [0.15, 0.2) is 47.1 Å². The summed E-state index contributed by atoms with van der Waals surface area (Å²) < 4.78 is 16.3. The number of nitriles is 2. The molecule has 0 bridgehead atoms. The molecule has 0 saturated heterocycles. The molecule has 0 radical (unpaired) electrons. The average molecular weight is 381 g/mol. The molecule has 1 aliphatic heterocycles. The van der Waals surface area contributed by atoms with Gasteiger partial charge in [0.25, 0.3) is 0 Å². The van der Waals surface area contributed by atoms with E-state index in [0.717, 1.165) is 12.8 Å². The van der Waals surface area contributed by atoms with Crippen LogP contribution < -0.4 is 10.5 Å². The van der Waals surface area contributed by atoms with E-state index >= 15 is 0 Å². The van der Waals surface area contributed by atoms with Crippen LogP contribution in [-0.4, -0.2) is 19.2 Å². The van der Waals surface area contributed by atoms with E-state index in [0.29, 0.717) is 30.1 Å². The number of unbranched alkanes of at least 4 members (excludes halogenated alkanes) is 2. The van der Waals surface area contributed by atoms with Crippen molar-refractivity contribution >= 4 is 5.97 Å². The number of esters is 1. The molecule has 7 nitrogen and oxygen atoms in total. The number of allylic oxidation sites excluding steroid dienone is 2. The van der Waals surface area contributed by atoms with Crippen LogP contribution in [0.25, 0.3) is 0 Å². The van der Waals surface area contributed by atoms with Crippen LogP contribution in [0.4, 0.5) is 0 Å². The molecule has 1 atom stereocenters. The van der Waals surface area contributed by atoms with Gasteiger partial charge in [0.05, 0.1) is 30.8 Å². The number of nitrogens with two attached hydrogens (primary N) is 1. The molecule has 1 aromatic carbocycles. The molecular formula is C21H23N3O4. The van der Waals surface area contributed by atoms with Crippen LogP contribution in [0.5, 0.6) is 5.75 Å². The summed E-state index contributed by atoms with van der Waals surface area (Å²) in [5, 5.41) is 18.2. The molecule has 7 heteroatoms. The molecular weight excluding hydrogens is 358 g/mol. The third-order valence-electron chi connectivity index (χ3n) is 4.24. The molecule has 1 aliphatic rings. The Kier molecular flexibility index (Phi) is 7.47. The van der Waals surface area contributed by atoms with Crippen molar-refractivity contribution in [3.05, 3.63) is 52.6 Å². The molecule has 28 heavy (non-hydrogen) atoms. The number of hydrogen-bond acceptors (Lipinski definition) is 7. The SMILES string of the molecule is CCOC(=O)C1=C(C)OC(N)=C(C#N)C1c1cccc(OCCCCC#N)c1. The minimum atomic E-state index is -0.695. The summed E-state index contributed by atoms with van der Waals surface area (Å²) >= 11 is 0. The van der Waals surface area contributed by atoms with Gasteiger partial charge in [0.2, 0.25) is 5.88 Å². The number of carbonyl (C=O) groups is 1. The first-order valence-electron chi connectivity index (χ1n) is 9.08. The van der Waals surface area contributed by atoms with Crippen molar-refractivity contribution in [3.63, 3.8) is 0 Å². The van der Waals surface area contributed by atoms with Crippen molar-refractivity contribution in [2.24, 2.45) is 5.73 Å². The summed E-state index contributed by atoms with van der Waals surface area (Å²) in [6.45, 7) is 4.01. The van der Waals surface area contributed by atoms with Gasteiger partial charge >= 0.3 is 5.97 Å². The lowest BCUT2D eigenvalue weighted by Crippen LogP contribution is -2.25. The lowest BCUT2D eigenvalue weighted by molar-refractivity contribution is -0.139. The van der Waals surface area contributed by atoms with Gasteiger partial charge in [0.1, 0.15) is 23.2 Å². The van der Waals surface area contributed by atoms with Crippen molar-refractivity contribution in [1.29, 1.82) is 10.5 Å². The first kappa shape index (κ1) is 20.9. The zero-order valence-electron chi connectivity index (χ0n) is 16.0. The van der Waals surface area contributed by atoms with E-state index < -0.39 is 11.9 Å². The molecule has 0 spiro atoms.